The zero-order valence-electron chi connectivity index (χ0n) is 8.25. The van der Waals surface area contributed by atoms with E-state index in [2.05, 4.69) is 9.72 Å². The van der Waals surface area contributed by atoms with Gasteiger partial charge in [0.1, 0.15) is 8.60 Å². The molecule has 0 aromatic carbocycles. The van der Waals surface area contributed by atoms with Gasteiger partial charge in [0.15, 0.2) is 5.75 Å². The van der Waals surface area contributed by atoms with E-state index in [1.54, 1.807) is 22.6 Å². The summed E-state index contributed by atoms with van der Waals surface area (Å²) in [5, 5.41) is 4.84. The molecule has 5 nitrogen and oxygen atoms in total. The first-order chi connectivity index (χ1) is 7.52. The molecule has 1 heterocycles. The van der Waals surface area contributed by atoms with Crippen LogP contribution in [-0.2, 0) is 10.0 Å². The molecule has 0 saturated heterocycles. The lowest BCUT2D eigenvalue weighted by molar-refractivity contribution is -0.275. The Kier molecular flexibility index (Phi) is 3.88. The lowest BCUT2D eigenvalue weighted by Crippen LogP contribution is -2.22. The fraction of sp³-hybridized carbons (Fsp3) is 0.286. The summed E-state index contributed by atoms with van der Waals surface area (Å²) in [5.41, 5.74) is 0.00912. The van der Waals surface area contributed by atoms with Gasteiger partial charge >= 0.3 is 6.36 Å². The fourth-order valence-corrected chi connectivity index (χ4v) is 2.59. The molecule has 2 N–H and O–H groups in total. The maximum absolute atomic E-state index is 12.1. The number of alkyl halides is 3. The van der Waals surface area contributed by atoms with Crippen molar-refractivity contribution in [2.24, 2.45) is 5.14 Å². The van der Waals surface area contributed by atoms with Crippen LogP contribution < -0.4 is 9.88 Å². The number of primary sulfonamides is 1. The standard InChI is InChI=1S/C7H6F3IN2O3S/c1-3-5(17(12,14)15)4(2-13-6(3)11)16-7(8,9)10/h2H,1H3,(H2,12,14,15). The highest BCUT2D eigenvalue weighted by Crippen LogP contribution is 2.31. The molecule has 10 heteroatoms. The van der Waals surface area contributed by atoms with E-state index in [1.165, 1.54) is 6.92 Å². The minimum Gasteiger partial charge on any atom is -0.403 e. The van der Waals surface area contributed by atoms with Gasteiger partial charge in [-0.15, -0.1) is 13.2 Å². The van der Waals surface area contributed by atoms with Crippen LogP contribution >= 0.6 is 22.6 Å². The van der Waals surface area contributed by atoms with E-state index < -0.39 is 27.0 Å². The lowest BCUT2D eigenvalue weighted by atomic mass is 10.3. The molecule has 0 radical (unpaired) electrons. The molecule has 96 valence electrons. The van der Waals surface area contributed by atoms with Crippen molar-refractivity contribution in [1.29, 1.82) is 0 Å². The van der Waals surface area contributed by atoms with Crippen LogP contribution in [0.1, 0.15) is 5.56 Å². The third-order valence-corrected chi connectivity index (χ3v) is 3.84. The normalized spacial score (nSPS) is 12.6. The van der Waals surface area contributed by atoms with Gasteiger partial charge in [-0.2, -0.15) is 0 Å². The van der Waals surface area contributed by atoms with Gasteiger partial charge in [0, 0.05) is 5.56 Å². The van der Waals surface area contributed by atoms with Crippen LogP contribution in [0.15, 0.2) is 11.1 Å². The molecular formula is C7H6F3IN2O3S. The number of rotatable bonds is 2. The average Bonchev–Trinajstić information content (AvgIpc) is 2.06. The van der Waals surface area contributed by atoms with E-state index in [0.717, 1.165) is 0 Å². The smallest absolute Gasteiger partial charge is 0.403 e. The Morgan fingerprint density at radius 2 is 2.00 bits per heavy atom. The summed E-state index contributed by atoms with van der Waals surface area (Å²) < 4.78 is 62.4. The number of hydrogen-bond donors (Lipinski definition) is 1. The Hall–Kier alpha value is -0.620. The van der Waals surface area contributed by atoms with E-state index in [-0.39, 0.29) is 9.26 Å². The highest BCUT2D eigenvalue weighted by molar-refractivity contribution is 14.1. The molecule has 1 aromatic heterocycles. The largest absolute Gasteiger partial charge is 0.573 e. The number of nitrogens with zero attached hydrogens (tertiary/aromatic N) is 1. The van der Waals surface area contributed by atoms with Crippen molar-refractivity contribution in [1.82, 2.24) is 4.98 Å². The van der Waals surface area contributed by atoms with E-state index in [1.807, 2.05) is 0 Å². The van der Waals surface area contributed by atoms with Crippen molar-refractivity contribution in [3.8, 4) is 5.75 Å². The van der Waals surface area contributed by atoms with Crippen LogP contribution in [-0.4, -0.2) is 19.8 Å². The summed E-state index contributed by atoms with van der Waals surface area (Å²) in [5.74, 6) is -0.932. The van der Waals surface area contributed by atoms with Crippen LogP contribution in [0.3, 0.4) is 0 Å². The van der Waals surface area contributed by atoms with E-state index in [0.29, 0.717) is 6.20 Å². The Balaban J connectivity index is 3.47. The van der Waals surface area contributed by atoms with Crippen LogP contribution in [0.25, 0.3) is 0 Å². The molecule has 1 aromatic rings. The quantitative estimate of drug-likeness (QED) is 0.622. The number of pyridine rings is 1. The van der Waals surface area contributed by atoms with Gasteiger partial charge in [-0.25, -0.2) is 18.5 Å². The van der Waals surface area contributed by atoms with Crippen LogP contribution in [0.4, 0.5) is 13.2 Å². The number of hydrogen-bond acceptors (Lipinski definition) is 4. The average molecular weight is 382 g/mol. The van der Waals surface area contributed by atoms with Crippen LogP contribution in [0.2, 0.25) is 0 Å². The van der Waals surface area contributed by atoms with Gasteiger partial charge < -0.3 is 4.74 Å². The van der Waals surface area contributed by atoms with Crippen molar-refractivity contribution >= 4 is 32.6 Å². The number of aromatic nitrogens is 1. The van der Waals surface area contributed by atoms with Gasteiger partial charge in [0.05, 0.1) is 6.20 Å². The minimum atomic E-state index is -5.01. The maximum Gasteiger partial charge on any atom is 0.573 e. The second-order valence-electron chi connectivity index (χ2n) is 2.96. The molecule has 1 rings (SSSR count). The number of ether oxygens (including phenoxy) is 1. The van der Waals surface area contributed by atoms with Crippen molar-refractivity contribution < 1.29 is 26.3 Å². The summed E-state index contributed by atoms with van der Waals surface area (Å²) in [4.78, 5) is 2.86. The molecule has 0 aliphatic heterocycles. The van der Waals surface area contributed by atoms with Gasteiger partial charge in [-0.05, 0) is 29.5 Å². The third-order valence-electron chi connectivity index (χ3n) is 1.68. The molecule has 0 aliphatic carbocycles. The van der Waals surface area contributed by atoms with E-state index in [4.69, 9.17) is 5.14 Å². The predicted molar refractivity (Wildman–Crippen MR) is 59.7 cm³/mol. The Bertz CT molecular complexity index is 544. The summed E-state index contributed by atoms with van der Waals surface area (Å²) in [6.45, 7) is 1.29. The zero-order valence-corrected chi connectivity index (χ0v) is 11.2. The van der Waals surface area contributed by atoms with E-state index >= 15 is 0 Å². The topological polar surface area (TPSA) is 82.3 Å². The molecule has 0 atom stereocenters. The van der Waals surface area contributed by atoms with Gasteiger partial charge in [0.2, 0.25) is 10.0 Å². The monoisotopic (exact) mass is 382 g/mol. The molecule has 0 fully saturated rings. The molecule has 17 heavy (non-hydrogen) atoms. The lowest BCUT2D eigenvalue weighted by Gasteiger charge is -2.13. The summed E-state index contributed by atoms with van der Waals surface area (Å²) in [6.07, 6.45) is -4.34. The second-order valence-corrected chi connectivity index (χ2v) is 5.48. The molecule has 0 saturated carbocycles. The molecule has 0 unspecified atom stereocenters. The molecule has 0 aliphatic rings. The predicted octanol–water partition coefficient (Wildman–Crippen LogP) is 1.54. The first kappa shape index (κ1) is 14.4. The summed E-state index contributed by atoms with van der Waals surface area (Å²) >= 11 is 1.68. The Labute approximate surface area is 108 Å². The number of halogens is 4. The zero-order chi connectivity index (χ0) is 13.4. The first-order valence-corrected chi connectivity index (χ1v) is 6.58. The molecular weight excluding hydrogens is 376 g/mol. The SMILES string of the molecule is Cc1c(I)ncc(OC(F)(F)F)c1S(N)(=O)=O. The van der Waals surface area contributed by atoms with Gasteiger partial charge in [-0.1, -0.05) is 0 Å². The fourth-order valence-electron chi connectivity index (χ4n) is 1.10. The summed E-state index contributed by atoms with van der Waals surface area (Å²) in [6, 6.07) is 0. The Morgan fingerprint density at radius 1 is 1.47 bits per heavy atom. The second kappa shape index (κ2) is 4.57. The van der Waals surface area contributed by atoms with Crippen molar-refractivity contribution in [3.05, 3.63) is 15.5 Å². The van der Waals surface area contributed by atoms with Crippen molar-refractivity contribution in [3.63, 3.8) is 0 Å². The number of nitrogens with two attached hydrogens (primary N) is 1. The van der Waals surface area contributed by atoms with Crippen LogP contribution in [0, 0.1) is 10.6 Å². The highest BCUT2D eigenvalue weighted by atomic mass is 127. The van der Waals surface area contributed by atoms with Crippen LogP contribution in [0.5, 0.6) is 5.75 Å². The molecule has 0 bridgehead atoms. The van der Waals surface area contributed by atoms with Gasteiger partial charge in [-0.3, -0.25) is 0 Å². The van der Waals surface area contributed by atoms with Crippen molar-refractivity contribution in [2.45, 2.75) is 18.2 Å². The number of sulfonamides is 1. The maximum atomic E-state index is 12.1. The Morgan fingerprint density at radius 3 is 2.41 bits per heavy atom. The third kappa shape index (κ3) is 3.67. The minimum absolute atomic E-state index is 0.00912. The van der Waals surface area contributed by atoms with Crippen molar-refractivity contribution in [2.75, 3.05) is 0 Å². The molecule has 0 spiro atoms. The van der Waals surface area contributed by atoms with Gasteiger partial charge in [0.25, 0.3) is 0 Å². The summed E-state index contributed by atoms with van der Waals surface area (Å²) in [7, 11) is -4.33. The highest BCUT2D eigenvalue weighted by Gasteiger charge is 2.34. The van der Waals surface area contributed by atoms with E-state index in [9.17, 15) is 21.6 Å². The first-order valence-electron chi connectivity index (χ1n) is 3.96. The molecule has 0 amide bonds.